The van der Waals surface area contributed by atoms with Gasteiger partial charge in [0.1, 0.15) is 11.5 Å². The molecule has 3 rings (SSSR count). The Balaban J connectivity index is 1.41. The van der Waals surface area contributed by atoms with Gasteiger partial charge >= 0.3 is 19.1 Å². The molecule has 0 amide bonds. The minimum Gasteiger partial charge on any atom is -0.494 e. The molecule has 7 nitrogen and oxygen atoms in total. The molecule has 0 saturated carbocycles. The maximum absolute atomic E-state index is 12.3. The first-order valence-corrected chi connectivity index (χ1v) is 9.73. The van der Waals surface area contributed by atoms with Crippen LogP contribution >= 0.6 is 0 Å². The number of benzene rings is 2. The quantitative estimate of drug-likeness (QED) is 0.196. The van der Waals surface area contributed by atoms with Crippen molar-refractivity contribution >= 4 is 24.5 Å². The van der Waals surface area contributed by atoms with Crippen molar-refractivity contribution in [1.82, 2.24) is 0 Å². The first kappa shape index (κ1) is 21.6. The number of carbonyl (C=O) groups excluding carboxylic acids is 2. The summed E-state index contributed by atoms with van der Waals surface area (Å²) in [5, 5.41) is 0. The van der Waals surface area contributed by atoms with Crippen LogP contribution in [-0.4, -0.2) is 45.5 Å². The SMILES string of the molecule is C=CC(=O)OCCCCOc1ccc(C(=O)Oc2ccc(B3OCCO3)cc2)cc1. The Bertz CT molecular complexity index is 843. The van der Waals surface area contributed by atoms with Crippen LogP contribution in [0.15, 0.2) is 61.2 Å². The zero-order valence-corrected chi connectivity index (χ0v) is 16.6. The molecule has 0 aliphatic carbocycles. The summed E-state index contributed by atoms with van der Waals surface area (Å²) < 4.78 is 26.8. The minimum atomic E-state index is -0.452. The Kier molecular flexibility index (Phi) is 8.06. The first-order valence-electron chi connectivity index (χ1n) is 9.73. The second kappa shape index (κ2) is 11.2. The third-order valence-electron chi connectivity index (χ3n) is 4.29. The van der Waals surface area contributed by atoms with Gasteiger partial charge in [-0.1, -0.05) is 18.7 Å². The second-order valence-corrected chi connectivity index (χ2v) is 6.48. The standard InChI is InChI=1S/C22H23BO7/c1-2-21(24)27-14-4-3-13-26-19-9-5-17(6-10-19)22(25)30-20-11-7-18(8-12-20)23-28-15-16-29-23/h2,5-12H,1,3-4,13-16H2. The topological polar surface area (TPSA) is 80.3 Å². The highest BCUT2D eigenvalue weighted by molar-refractivity contribution is 6.61. The van der Waals surface area contributed by atoms with Crippen molar-refractivity contribution in [1.29, 1.82) is 0 Å². The number of carbonyl (C=O) groups is 2. The average Bonchev–Trinajstić information content (AvgIpc) is 3.32. The van der Waals surface area contributed by atoms with E-state index in [9.17, 15) is 9.59 Å². The van der Waals surface area contributed by atoms with Crippen LogP contribution in [0.3, 0.4) is 0 Å². The molecule has 2 aromatic carbocycles. The van der Waals surface area contributed by atoms with Gasteiger partial charge in [-0.15, -0.1) is 0 Å². The van der Waals surface area contributed by atoms with Gasteiger partial charge in [0.25, 0.3) is 0 Å². The van der Waals surface area contributed by atoms with Crippen molar-refractivity contribution in [3.05, 3.63) is 66.7 Å². The molecule has 0 N–H and O–H groups in total. The van der Waals surface area contributed by atoms with Gasteiger partial charge in [0.15, 0.2) is 0 Å². The molecule has 156 valence electrons. The maximum Gasteiger partial charge on any atom is 0.494 e. The zero-order chi connectivity index (χ0) is 21.2. The minimum absolute atomic E-state index is 0.334. The Labute approximate surface area is 175 Å². The first-order chi connectivity index (χ1) is 14.7. The summed E-state index contributed by atoms with van der Waals surface area (Å²) in [4.78, 5) is 23.2. The summed E-state index contributed by atoms with van der Waals surface area (Å²) >= 11 is 0. The van der Waals surface area contributed by atoms with E-state index in [0.29, 0.717) is 49.9 Å². The van der Waals surface area contributed by atoms with Crippen LogP contribution in [0.5, 0.6) is 11.5 Å². The van der Waals surface area contributed by atoms with Crippen LogP contribution < -0.4 is 14.9 Å². The fourth-order valence-electron chi connectivity index (χ4n) is 2.72. The summed E-state index contributed by atoms with van der Waals surface area (Å²) in [6.45, 7) is 5.30. The predicted octanol–water partition coefficient (Wildman–Crippen LogP) is 2.54. The third kappa shape index (κ3) is 6.47. The molecule has 1 saturated heterocycles. The van der Waals surface area contributed by atoms with Crippen molar-refractivity contribution in [2.75, 3.05) is 26.4 Å². The van der Waals surface area contributed by atoms with Gasteiger partial charge in [-0.05, 0) is 54.7 Å². The van der Waals surface area contributed by atoms with Gasteiger partial charge in [-0.3, -0.25) is 0 Å². The van der Waals surface area contributed by atoms with E-state index in [4.69, 9.17) is 23.5 Å². The van der Waals surface area contributed by atoms with Crippen LogP contribution in [0.1, 0.15) is 23.2 Å². The largest absolute Gasteiger partial charge is 0.494 e. The number of hydrogen-bond acceptors (Lipinski definition) is 7. The lowest BCUT2D eigenvalue weighted by molar-refractivity contribution is -0.137. The summed E-state index contributed by atoms with van der Waals surface area (Å²) in [6.07, 6.45) is 2.57. The molecule has 8 heteroatoms. The van der Waals surface area contributed by atoms with Gasteiger partial charge in [-0.25, -0.2) is 9.59 Å². The lowest BCUT2D eigenvalue weighted by Gasteiger charge is -2.09. The average molecular weight is 410 g/mol. The summed E-state index contributed by atoms with van der Waals surface area (Å²) in [5.41, 5.74) is 1.30. The van der Waals surface area contributed by atoms with Crippen LogP contribution in [0, 0.1) is 0 Å². The molecule has 2 aromatic rings. The molecule has 0 atom stereocenters. The molecule has 0 radical (unpaired) electrons. The van der Waals surface area contributed by atoms with Gasteiger partial charge in [0.05, 0.1) is 32.0 Å². The van der Waals surface area contributed by atoms with Crippen molar-refractivity contribution in [2.45, 2.75) is 12.8 Å². The predicted molar refractivity (Wildman–Crippen MR) is 111 cm³/mol. The van der Waals surface area contributed by atoms with Crippen molar-refractivity contribution in [3.8, 4) is 11.5 Å². The molecule has 30 heavy (non-hydrogen) atoms. The molecule has 1 heterocycles. The molecule has 0 unspecified atom stereocenters. The van der Waals surface area contributed by atoms with Gasteiger partial charge in [-0.2, -0.15) is 0 Å². The number of rotatable bonds is 10. The fourth-order valence-corrected chi connectivity index (χ4v) is 2.72. The van der Waals surface area contributed by atoms with E-state index < -0.39 is 11.9 Å². The number of ether oxygens (including phenoxy) is 3. The molecular formula is C22H23BO7. The summed E-state index contributed by atoms with van der Waals surface area (Å²) in [6, 6.07) is 13.8. The number of esters is 2. The highest BCUT2D eigenvalue weighted by atomic mass is 16.6. The summed E-state index contributed by atoms with van der Waals surface area (Å²) in [7, 11) is -0.357. The van der Waals surface area contributed by atoms with Crippen LogP contribution in [0.4, 0.5) is 0 Å². The van der Waals surface area contributed by atoms with E-state index in [1.165, 1.54) is 0 Å². The lowest BCUT2D eigenvalue weighted by atomic mass is 9.79. The van der Waals surface area contributed by atoms with Gasteiger partial charge < -0.3 is 23.5 Å². The Morgan fingerprint density at radius 2 is 1.57 bits per heavy atom. The monoisotopic (exact) mass is 410 g/mol. The molecule has 1 aliphatic rings. The highest BCUT2D eigenvalue weighted by Gasteiger charge is 2.25. The third-order valence-corrected chi connectivity index (χ3v) is 4.29. The summed E-state index contributed by atoms with van der Waals surface area (Å²) in [5.74, 6) is 0.215. The van der Waals surface area contributed by atoms with Gasteiger partial charge in [0, 0.05) is 6.08 Å². The smallest absolute Gasteiger partial charge is 0.494 e. The second-order valence-electron chi connectivity index (χ2n) is 6.48. The van der Waals surface area contributed by atoms with Crippen LogP contribution in [0.2, 0.25) is 0 Å². The van der Waals surface area contributed by atoms with Crippen LogP contribution in [0.25, 0.3) is 0 Å². The molecule has 0 aromatic heterocycles. The number of unbranched alkanes of at least 4 members (excludes halogenated alkanes) is 1. The van der Waals surface area contributed by atoms with Crippen LogP contribution in [-0.2, 0) is 18.8 Å². The lowest BCUT2D eigenvalue weighted by Crippen LogP contribution is -2.31. The molecule has 0 bridgehead atoms. The van der Waals surface area contributed by atoms with E-state index in [1.807, 2.05) is 12.1 Å². The zero-order valence-electron chi connectivity index (χ0n) is 16.6. The maximum atomic E-state index is 12.3. The fraction of sp³-hybridized carbons (Fsp3) is 0.273. The van der Waals surface area contributed by atoms with E-state index in [1.54, 1.807) is 36.4 Å². The Morgan fingerprint density at radius 3 is 2.23 bits per heavy atom. The Morgan fingerprint density at radius 1 is 0.933 bits per heavy atom. The molecule has 1 fully saturated rings. The van der Waals surface area contributed by atoms with E-state index >= 15 is 0 Å². The van der Waals surface area contributed by atoms with Gasteiger partial charge in [0.2, 0.25) is 0 Å². The number of hydrogen-bond donors (Lipinski definition) is 0. The van der Waals surface area contributed by atoms with Crippen molar-refractivity contribution in [3.63, 3.8) is 0 Å². The van der Waals surface area contributed by atoms with E-state index in [0.717, 1.165) is 18.0 Å². The van der Waals surface area contributed by atoms with E-state index in [-0.39, 0.29) is 7.12 Å². The van der Waals surface area contributed by atoms with Crippen molar-refractivity contribution < 1.29 is 33.1 Å². The Hall–Kier alpha value is -3.10. The highest BCUT2D eigenvalue weighted by Crippen LogP contribution is 2.16. The normalized spacial score (nSPS) is 13.0. The molecule has 1 aliphatic heterocycles. The molecule has 0 spiro atoms. The van der Waals surface area contributed by atoms with Crippen molar-refractivity contribution in [2.24, 2.45) is 0 Å². The molecular weight excluding hydrogens is 387 g/mol. The van der Waals surface area contributed by atoms with E-state index in [2.05, 4.69) is 6.58 Å².